The number of ether oxygens (including phenoxy) is 1. The van der Waals surface area contributed by atoms with E-state index in [4.69, 9.17) is 10.5 Å². The maximum atomic E-state index is 11.7. The third kappa shape index (κ3) is 7.31. The van der Waals surface area contributed by atoms with Gasteiger partial charge in [-0.1, -0.05) is 32.1 Å². The highest BCUT2D eigenvalue weighted by Crippen LogP contribution is 2.30. The highest BCUT2D eigenvalue weighted by atomic mass is 79.9. The van der Waals surface area contributed by atoms with Gasteiger partial charge in [-0.3, -0.25) is 9.63 Å². The van der Waals surface area contributed by atoms with Gasteiger partial charge in [-0.25, -0.2) is 10.3 Å². The molecular weight excluding hydrogens is 390 g/mol. The molecule has 1 saturated carbocycles. The highest BCUT2D eigenvalue weighted by Gasteiger charge is 2.14. The fourth-order valence-corrected chi connectivity index (χ4v) is 3.19. The Bertz CT molecular complexity index is 591. The lowest BCUT2D eigenvalue weighted by Crippen LogP contribution is -2.32. The number of carbonyl (C=O) groups is 2. The molecule has 1 aromatic carbocycles. The molecule has 3 amide bonds. The van der Waals surface area contributed by atoms with E-state index in [9.17, 15) is 9.59 Å². The average Bonchev–Trinajstić information content (AvgIpc) is 2.58. The van der Waals surface area contributed by atoms with E-state index < -0.39 is 11.9 Å². The number of benzene rings is 1. The van der Waals surface area contributed by atoms with Gasteiger partial charge in [0, 0.05) is 11.8 Å². The Kier molecular flexibility index (Phi) is 8.00. The highest BCUT2D eigenvalue weighted by molar-refractivity contribution is 9.10. The van der Waals surface area contributed by atoms with Crippen molar-refractivity contribution in [1.82, 2.24) is 5.48 Å². The Hall–Kier alpha value is -1.80. The van der Waals surface area contributed by atoms with Gasteiger partial charge in [0.25, 0.3) is 0 Å². The summed E-state index contributed by atoms with van der Waals surface area (Å²) >= 11 is 3.45. The van der Waals surface area contributed by atoms with Crippen LogP contribution in [0.25, 0.3) is 0 Å². The van der Waals surface area contributed by atoms with Crippen molar-refractivity contribution in [1.29, 1.82) is 0 Å². The van der Waals surface area contributed by atoms with Crippen molar-refractivity contribution in [3.05, 3.63) is 22.7 Å². The van der Waals surface area contributed by atoms with Gasteiger partial charge in [0.05, 0.1) is 11.1 Å². The maximum Gasteiger partial charge on any atom is 0.343 e. The Morgan fingerprint density at radius 3 is 2.72 bits per heavy atom. The summed E-state index contributed by atoms with van der Waals surface area (Å²) in [5.74, 6) is 0.756. The molecule has 2 rings (SSSR count). The van der Waals surface area contributed by atoms with E-state index in [0.29, 0.717) is 18.0 Å². The van der Waals surface area contributed by atoms with E-state index in [-0.39, 0.29) is 6.61 Å². The van der Waals surface area contributed by atoms with Gasteiger partial charge in [0.15, 0.2) is 6.61 Å². The van der Waals surface area contributed by atoms with Crippen LogP contribution in [0.2, 0.25) is 0 Å². The van der Waals surface area contributed by atoms with E-state index in [2.05, 4.69) is 31.6 Å². The lowest BCUT2D eigenvalue weighted by atomic mass is 9.87. The first-order chi connectivity index (χ1) is 12.0. The van der Waals surface area contributed by atoms with Crippen LogP contribution in [0.15, 0.2) is 22.7 Å². The van der Waals surface area contributed by atoms with Crippen LogP contribution in [0.5, 0.6) is 5.75 Å². The molecule has 0 radical (unpaired) electrons. The van der Waals surface area contributed by atoms with E-state index in [0.717, 1.165) is 16.8 Å². The Labute approximate surface area is 155 Å². The van der Waals surface area contributed by atoms with Crippen molar-refractivity contribution in [3.8, 4) is 5.75 Å². The van der Waals surface area contributed by atoms with Crippen LogP contribution < -0.4 is 21.3 Å². The summed E-state index contributed by atoms with van der Waals surface area (Å²) in [4.78, 5) is 26.8. The fourth-order valence-electron chi connectivity index (χ4n) is 2.83. The lowest BCUT2D eigenvalue weighted by Gasteiger charge is -2.21. The summed E-state index contributed by atoms with van der Waals surface area (Å²) in [5.41, 5.74) is 7.54. The van der Waals surface area contributed by atoms with Crippen LogP contribution in [-0.2, 0) is 9.63 Å². The Morgan fingerprint density at radius 2 is 2.00 bits per heavy atom. The number of urea groups is 1. The van der Waals surface area contributed by atoms with Crippen molar-refractivity contribution in [2.45, 2.75) is 38.5 Å². The van der Waals surface area contributed by atoms with Gasteiger partial charge < -0.3 is 15.8 Å². The number of nitrogens with two attached hydrogens (primary N) is 1. The van der Waals surface area contributed by atoms with Gasteiger partial charge in [0.2, 0.25) is 5.91 Å². The first-order valence-corrected chi connectivity index (χ1v) is 9.23. The number of hydroxylamine groups is 1. The zero-order valence-electron chi connectivity index (χ0n) is 14.1. The molecule has 1 aliphatic rings. The van der Waals surface area contributed by atoms with Gasteiger partial charge in [-0.2, -0.15) is 0 Å². The monoisotopic (exact) mass is 413 g/mol. The molecule has 0 bridgehead atoms. The van der Waals surface area contributed by atoms with Crippen LogP contribution in [0.1, 0.15) is 38.5 Å². The zero-order valence-corrected chi connectivity index (χ0v) is 15.6. The third-order valence-electron chi connectivity index (χ3n) is 4.08. The maximum absolute atomic E-state index is 11.7. The van der Waals surface area contributed by atoms with E-state index in [1.165, 1.54) is 32.1 Å². The predicted octanol–water partition coefficient (Wildman–Crippen LogP) is 3.34. The summed E-state index contributed by atoms with van der Waals surface area (Å²) in [6.45, 7) is 0.268. The number of rotatable bonds is 8. The van der Waals surface area contributed by atoms with Crippen LogP contribution in [0.4, 0.5) is 10.5 Å². The van der Waals surface area contributed by atoms with Gasteiger partial charge in [-0.15, -0.1) is 0 Å². The molecule has 1 fully saturated rings. The standard InChI is InChI=1S/C17H24BrN3O4/c18-14-7-6-13(20-17(23)21-25-11-16(19)22)10-15(14)24-9-8-12-4-2-1-3-5-12/h6-7,10,12H,1-5,8-9,11H2,(H2,19,22)(H2,20,21,23). The third-order valence-corrected chi connectivity index (χ3v) is 4.73. The van der Waals surface area contributed by atoms with Crippen molar-refractivity contribution in [3.63, 3.8) is 0 Å². The van der Waals surface area contributed by atoms with E-state index in [1.54, 1.807) is 18.2 Å². The minimum Gasteiger partial charge on any atom is -0.492 e. The number of nitrogens with one attached hydrogen (secondary N) is 2. The molecule has 1 aromatic rings. The number of amides is 3. The van der Waals surface area contributed by atoms with Crippen LogP contribution in [0, 0.1) is 5.92 Å². The average molecular weight is 414 g/mol. The van der Waals surface area contributed by atoms with Crippen molar-refractivity contribution in [2.24, 2.45) is 11.7 Å². The van der Waals surface area contributed by atoms with Crippen molar-refractivity contribution in [2.75, 3.05) is 18.5 Å². The summed E-state index contributed by atoms with van der Waals surface area (Å²) in [6.07, 6.45) is 7.62. The zero-order chi connectivity index (χ0) is 18.1. The molecule has 0 aromatic heterocycles. The number of primary amides is 1. The topological polar surface area (TPSA) is 103 Å². The number of hydrogen-bond acceptors (Lipinski definition) is 4. The molecule has 8 heteroatoms. The summed E-state index contributed by atoms with van der Waals surface area (Å²) < 4.78 is 6.69. The summed E-state index contributed by atoms with van der Waals surface area (Å²) in [7, 11) is 0. The number of hydrogen-bond donors (Lipinski definition) is 3. The Balaban J connectivity index is 1.79. The van der Waals surface area contributed by atoms with Crippen molar-refractivity contribution >= 4 is 33.6 Å². The van der Waals surface area contributed by atoms with Gasteiger partial charge in [0.1, 0.15) is 5.75 Å². The molecule has 0 unspecified atom stereocenters. The second-order valence-electron chi connectivity index (χ2n) is 6.10. The van der Waals surface area contributed by atoms with Crippen LogP contribution in [-0.4, -0.2) is 25.2 Å². The van der Waals surface area contributed by atoms with E-state index in [1.807, 2.05) is 0 Å². The van der Waals surface area contributed by atoms with Crippen molar-refractivity contribution < 1.29 is 19.2 Å². The SMILES string of the molecule is NC(=O)CONC(=O)Nc1ccc(Br)c(OCCC2CCCCC2)c1. The molecule has 138 valence electrons. The second-order valence-corrected chi connectivity index (χ2v) is 6.95. The fraction of sp³-hybridized carbons (Fsp3) is 0.529. The Morgan fingerprint density at radius 1 is 1.24 bits per heavy atom. The molecular formula is C17H24BrN3O4. The minimum absolute atomic E-state index is 0.386. The summed E-state index contributed by atoms with van der Waals surface area (Å²) in [5, 5.41) is 2.60. The molecule has 0 atom stereocenters. The van der Waals surface area contributed by atoms with E-state index >= 15 is 0 Å². The molecule has 0 heterocycles. The number of anilines is 1. The molecule has 4 N–H and O–H groups in total. The largest absolute Gasteiger partial charge is 0.492 e. The normalized spacial score (nSPS) is 14.8. The minimum atomic E-state index is -0.669. The summed E-state index contributed by atoms with van der Waals surface area (Å²) in [6, 6.07) is 4.66. The molecule has 7 nitrogen and oxygen atoms in total. The van der Waals surface area contributed by atoms with Gasteiger partial charge >= 0.3 is 6.03 Å². The molecule has 0 spiro atoms. The van der Waals surface area contributed by atoms with Crippen LogP contribution >= 0.6 is 15.9 Å². The molecule has 1 aliphatic carbocycles. The lowest BCUT2D eigenvalue weighted by molar-refractivity contribution is -0.124. The number of carbonyl (C=O) groups excluding carboxylic acids is 2. The van der Waals surface area contributed by atoms with Crippen LogP contribution in [0.3, 0.4) is 0 Å². The first kappa shape index (κ1) is 19.5. The quantitative estimate of drug-likeness (QED) is 0.568. The smallest absolute Gasteiger partial charge is 0.343 e. The number of halogens is 1. The molecule has 25 heavy (non-hydrogen) atoms. The van der Waals surface area contributed by atoms with Gasteiger partial charge in [-0.05, 0) is 40.4 Å². The second kappa shape index (κ2) is 10.2. The first-order valence-electron chi connectivity index (χ1n) is 8.44. The molecule has 0 saturated heterocycles. The predicted molar refractivity (Wildman–Crippen MR) is 98.1 cm³/mol. The molecule has 0 aliphatic heterocycles.